The van der Waals surface area contributed by atoms with Gasteiger partial charge in [-0.15, -0.1) is 34.0 Å². The van der Waals surface area contributed by atoms with Crippen LogP contribution in [0.2, 0.25) is 5.02 Å². The van der Waals surface area contributed by atoms with Gasteiger partial charge in [-0.2, -0.15) is 25.3 Å². The molecule has 9 aromatic rings. The SMILES string of the molecule is COc1ccc2c(c1)C(c1cc(C(=O)c3cncnc3N[C@@H]3C[C@H](COS(N)(=O)=O)[C@@H](O)C3)sc1C)OCC2.NS(=O)(=O)OC[C@H]1C[C@@H](Nc2ncncc2C(=O)c2cc(C3OCC(=O)c4ccccc43)cs2)C[C@@H]1O.NS(=O)(=O)OC[C@H]1C[C@@H](Nc2ncncc2C(=O)c2ccc(C3OCCCc4ccc(Cl)cc43)s2)C[C@@H]1O. The number of Topliss-reactive ketones (excluding diaryl/α,β-unsaturated/α-hetero) is 1. The number of nitrogens with one attached hydrogen (secondary N) is 3. The van der Waals surface area contributed by atoms with Crippen LogP contribution in [0, 0.1) is 24.7 Å². The van der Waals surface area contributed by atoms with E-state index in [2.05, 4.69) is 64.5 Å². The van der Waals surface area contributed by atoms with E-state index < -0.39 is 73.1 Å². The molecule has 3 aliphatic carbocycles. The van der Waals surface area contributed by atoms with Crippen LogP contribution in [0.15, 0.2) is 128 Å². The number of ether oxygens (including phenoxy) is 4. The summed E-state index contributed by atoms with van der Waals surface area (Å²) >= 11 is 10.3. The van der Waals surface area contributed by atoms with Gasteiger partial charge in [-0.1, -0.05) is 48.0 Å². The summed E-state index contributed by atoms with van der Waals surface area (Å²) in [5.74, 6) is -0.385. The first-order valence-electron chi connectivity index (χ1n) is 36.1. The Hall–Kier alpha value is -8.46. The lowest BCUT2D eigenvalue weighted by atomic mass is 9.92. The lowest BCUT2D eigenvalue weighted by Crippen LogP contribution is -2.24. The number of ketones is 4. The highest BCUT2D eigenvalue weighted by molar-refractivity contribution is 7.84. The van der Waals surface area contributed by atoms with E-state index in [1.165, 1.54) is 82.7 Å². The Balaban J connectivity index is 0.000000149. The fourth-order valence-electron chi connectivity index (χ4n) is 14.9. The Labute approximate surface area is 673 Å². The molecule has 6 aliphatic rings. The molecule has 0 bridgehead atoms. The van der Waals surface area contributed by atoms with Crippen molar-refractivity contribution in [3.05, 3.63) is 218 Å². The predicted molar refractivity (Wildman–Crippen MR) is 420 cm³/mol. The van der Waals surface area contributed by atoms with Crippen molar-refractivity contribution >= 4 is 117 Å². The number of benzene rings is 3. The van der Waals surface area contributed by atoms with Crippen molar-refractivity contribution in [1.29, 1.82) is 0 Å². The molecule has 6 aromatic heterocycles. The molecule has 15 rings (SSSR count). The topological polar surface area (TPSA) is 487 Å². The first-order chi connectivity index (χ1) is 54.5. The number of carbonyl (C=O) groups is 4. The number of aliphatic hydroxyl groups is 3. The quantitative estimate of drug-likeness (QED) is 0.0248. The highest BCUT2D eigenvalue weighted by Gasteiger charge is 2.40. The van der Waals surface area contributed by atoms with E-state index in [-0.39, 0.29) is 85.5 Å². The molecule has 3 fully saturated rings. The van der Waals surface area contributed by atoms with Crippen LogP contribution in [0.3, 0.4) is 0 Å². The number of aromatic nitrogens is 6. The average Bonchev–Trinajstić information content (AvgIpc) is 1.67. The number of nitrogens with two attached hydrogens (primary N) is 3. The summed E-state index contributed by atoms with van der Waals surface area (Å²) in [6.45, 7) is 2.46. The lowest BCUT2D eigenvalue weighted by molar-refractivity contribution is 0.0511. The van der Waals surface area contributed by atoms with Crippen LogP contribution in [-0.4, -0.2) is 177 Å². The Morgan fingerprint density at radius 3 is 1.61 bits per heavy atom. The summed E-state index contributed by atoms with van der Waals surface area (Å²) in [6.07, 6.45) is 9.75. The van der Waals surface area contributed by atoms with Crippen molar-refractivity contribution in [3.8, 4) is 5.75 Å². The third-order valence-electron chi connectivity index (χ3n) is 20.4. The smallest absolute Gasteiger partial charge is 0.333 e. The number of aliphatic hydroxyl groups excluding tert-OH is 3. The Morgan fingerprint density at radius 1 is 0.553 bits per heavy atom. The maximum Gasteiger partial charge on any atom is 0.333 e. The van der Waals surface area contributed by atoms with Crippen LogP contribution in [0.25, 0.3) is 0 Å². The molecule has 9 heterocycles. The second-order valence-electron chi connectivity index (χ2n) is 28.1. The molecule has 0 amide bonds. The molecule has 3 aromatic carbocycles. The van der Waals surface area contributed by atoms with Gasteiger partial charge in [0.2, 0.25) is 17.3 Å². The summed E-state index contributed by atoms with van der Waals surface area (Å²) < 4.78 is 104. The third kappa shape index (κ3) is 20.7. The van der Waals surface area contributed by atoms with E-state index in [0.29, 0.717) is 106 Å². The van der Waals surface area contributed by atoms with Gasteiger partial charge in [-0.25, -0.2) is 45.3 Å². The van der Waals surface area contributed by atoms with E-state index in [4.69, 9.17) is 46.0 Å². The van der Waals surface area contributed by atoms with Crippen LogP contribution < -0.4 is 36.1 Å². The van der Waals surface area contributed by atoms with Crippen LogP contribution >= 0.6 is 45.6 Å². The monoisotopic (exact) mass is 1700 g/mol. The maximum atomic E-state index is 13.7. The zero-order chi connectivity index (χ0) is 80.8. The summed E-state index contributed by atoms with van der Waals surface area (Å²) in [5, 5.41) is 57.8. The minimum Gasteiger partial charge on any atom is -0.497 e. The summed E-state index contributed by atoms with van der Waals surface area (Å²) in [5.41, 5.74) is 8.38. The third-order valence-corrected chi connectivity index (χ3v) is 25.2. The first kappa shape index (κ1) is 83.5. The number of anilines is 3. The van der Waals surface area contributed by atoms with Crippen LogP contribution in [0.1, 0.15) is 168 Å². The average molecular weight is 1700 g/mol. The summed E-state index contributed by atoms with van der Waals surface area (Å²) in [4.78, 5) is 81.1. The van der Waals surface area contributed by atoms with Gasteiger partial charge in [-0.3, -0.25) is 31.7 Å². The number of aryl methyl sites for hydroxylation is 2. The molecule has 0 radical (unpaired) electrons. The first-order valence-corrected chi connectivity index (χ1v) is 43.4. The van der Waals surface area contributed by atoms with Gasteiger partial charge in [-0.05, 0) is 158 Å². The Morgan fingerprint density at radius 2 is 1.06 bits per heavy atom. The van der Waals surface area contributed by atoms with Crippen molar-refractivity contribution < 1.29 is 91.2 Å². The van der Waals surface area contributed by atoms with Gasteiger partial charge in [0.25, 0.3) is 0 Å². The number of hydrogen-bond acceptors (Lipinski definition) is 32. The van der Waals surface area contributed by atoms with Crippen molar-refractivity contribution in [2.45, 2.75) is 119 Å². The standard InChI is InChI=1S/C26H30N4O7S2.C25H27ClN4O6S2.C24H24N4O7S2/c1-14-19(25-20-9-18(35-2)4-3-15(20)5-6-36-25)10-23(38-14)24(32)21-11-28-13-29-26(21)30-17-7-16(22(31)8-17)12-37-39(27,33)34;26-16-4-3-14-2-1-7-35-24(18(14)9-16)22-6-5-21(37-22)23(32)19-11-28-13-29-25(19)30-17-8-15(20(31)10-17)12-36-38(27,33)34;25-37(32,33)35-9-13-5-15(7-19(13)29)28-24-18(8-26-12-27-24)22(31)21-6-14(11-36-21)23-17-4-2-1-3-16(17)20(30)10-34-23/h3-4,9-11,13,16-17,22,25,31H,5-8,12H2,1-2H3,(H2,27,33,34)(H,28,29,30);3-6,9,11,13,15,17,20,24,31H,1-2,7-8,10,12H2,(H2,27,33,34)(H,28,29,30);1-4,6,8,11-13,15,19,23,29H,5,7,9-10H2,(H2,25,32,33)(H,26,27,28)/t16-,17-,22+,25?;15-,17-,20+,24?;13-,15-,19+,23?/m111/s1. The molecule has 3 aliphatic heterocycles. The van der Waals surface area contributed by atoms with Crippen LogP contribution in [0.4, 0.5) is 17.5 Å². The molecule has 604 valence electrons. The highest BCUT2D eigenvalue weighted by Crippen LogP contribution is 2.43. The Bertz CT molecular complexity index is 5390. The molecule has 12 N–H and O–H groups in total. The minimum atomic E-state index is -4.11. The van der Waals surface area contributed by atoms with E-state index in [0.717, 1.165) is 62.6 Å². The zero-order valence-corrected chi connectivity index (χ0v) is 66.8. The van der Waals surface area contributed by atoms with E-state index in [9.17, 15) is 59.8 Å². The van der Waals surface area contributed by atoms with Gasteiger partial charge in [0.15, 0.2) is 5.78 Å². The van der Waals surface area contributed by atoms with Crippen molar-refractivity contribution in [3.63, 3.8) is 0 Å². The number of halogens is 1. The maximum absolute atomic E-state index is 13.7. The van der Waals surface area contributed by atoms with Gasteiger partial charge in [0.05, 0.1) is 83.2 Å². The van der Waals surface area contributed by atoms with E-state index in [1.54, 1.807) is 25.3 Å². The van der Waals surface area contributed by atoms with Crippen molar-refractivity contribution in [1.82, 2.24) is 29.9 Å². The number of carbonyl (C=O) groups excluding carboxylic acids is 4. The molecule has 3 unspecified atom stereocenters. The number of rotatable bonds is 25. The molecule has 114 heavy (non-hydrogen) atoms. The minimum absolute atomic E-state index is 0.0299. The number of hydrogen-bond donors (Lipinski definition) is 9. The van der Waals surface area contributed by atoms with E-state index in [1.807, 2.05) is 73.0 Å². The molecule has 12 atom stereocenters. The van der Waals surface area contributed by atoms with Crippen molar-refractivity contribution in [2.24, 2.45) is 33.2 Å². The molecular weight excluding hydrogens is 1620 g/mol. The molecule has 32 nitrogen and oxygen atoms in total. The molecular formula is C75H81ClN12O20S6. The van der Waals surface area contributed by atoms with Gasteiger partial charge >= 0.3 is 30.9 Å². The largest absolute Gasteiger partial charge is 0.497 e. The summed E-state index contributed by atoms with van der Waals surface area (Å²) in [6, 6.07) is 25.6. The fraction of sp³-hybridized carbons (Fsp3) is 0.387. The van der Waals surface area contributed by atoms with Crippen LogP contribution in [0.5, 0.6) is 5.75 Å². The zero-order valence-electron chi connectivity index (χ0n) is 61.2. The number of methoxy groups -OCH3 is 1. The van der Waals surface area contributed by atoms with Gasteiger partial charge in [0, 0.05) is 81.4 Å². The predicted octanol–water partition coefficient (Wildman–Crippen LogP) is 7.61. The number of fused-ring (bicyclic) bond motifs is 3. The van der Waals surface area contributed by atoms with Gasteiger partial charge < -0.3 is 50.2 Å². The molecule has 0 saturated heterocycles. The molecule has 39 heteroatoms. The summed E-state index contributed by atoms with van der Waals surface area (Å²) in [7, 11) is -10.7. The molecule has 3 saturated carbocycles. The number of thiophene rings is 3. The van der Waals surface area contributed by atoms with Crippen molar-refractivity contribution in [2.75, 3.05) is 62.7 Å². The number of nitrogens with zero attached hydrogens (tertiary/aromatic N) is 6. The second-order valence-corrected chi connectivity index (χ2v) is 35.5. The fourth-order valence-corrected chi connectivity index (χ4v) is 19.0. The second kappa shape index (κ2) is 36.4. The highest BCUT2D eigenvalue weighted by atomic mass is 35.5. The Kier molecular flexibility index (Phi) is 26.6. The van der Waals surface area contributed by atoms with Crippen LogP contribution in [-0.2, 0) is 70.5 Å². The normalized spacial score (nSPS) is 23.3. The van der Waals surface area contributed by atoms with Gasteiger partial charge in [0.1, 0.15) is 67.1 Å². The lowest BCUT2D eigenvalue weighted by Gasteiger charge is -2.26. The van der Waals surface area contributed by atoms with E-state index >= 15 is 0 Å². The molecule has 0 spiro atoms.